The largest absolute Gasteiger partial charge is 0.444 e. The lowest BCUT2D eigenvalue weighted by atomic mass is 10.00. The molecule has 0 aliphatic carbocycles. The van der Waals surface area contributed by atoms with Gasteiger partial charge < -0.3 is 20.4 Å². The number of nitrogens with one attached hydrogen (secondary N) is 1. The second kappa shape index (κ2) is 6.48. The molecule has 4 heterocycles. The average Bonchev–Trinajstić information content (AvgIpc) is 3.21. The van der Waals surface area contributed by atoms with Crippen LogP contribution in [0.3, 0.4) is 0 Å². The van der Waals surface area contributed by atoms with E-state index in [1.807, 2.05) is 49.6 Å². The van der Waals surface area contributed by atoms with Gasteiger partial charge in [0.2, 0.25) is 0 Å². The van der Waals surface area contributed by atoms with Crippen LogP contribution in [0.4, 0.5) is 10.6 Å². The number of hydrogen-bond acceptors (Lipinski definition) is 5. The van der Waals surface area contributed by atoms with Crippen LogP contribution in [0.25, 0.3) is 27.8 Å². The summed E-state index contributed by atoms with van der Waals surface area (Å²) in [5.41, 5.74) is 9.20. The number of fused-ring (bicyclic) bond motifs is 2. The molecule has 5 rings (SSSR count). The first-order valence-electron chi connectivity index (χ1n) is 9.98. The Morgan fingerprint density at radius 3 is 2.77 bits per heavy atom. The maximum absolute atomic E-state index is 12.3. The Morgan fingerprint density at radius 1 is 1.27 bits per heavy atom. The van der Waals surface area contributed by atoms with Crippen LogP contribution in [0.1, 0.15) is 32.5 Å². The Balaban J connectivity index is 1.50. The van der Waals surface area contributed by atoms with E-state index in [0.717, 1.165) is 33.6 Å². The zero-order valence-electron chi connectivity index (χ0n) is 17.2. The van der Waals surface area contributed by atoms with Gasteiger partial charge >= 0.3 is 6.09 Å². The summed E-state index contributed by atoms with van der Waals surface area (Å²) in [6.45, 7) is 6.72. The molecular weight excluding hydrogens is 380 g/mol. The number of para-hydroxylation sites is 1. The zero-order chi connectivity index (χ0) is 21.0. The van der Waals surface area contributed by atoms with E-state index in [0.29, 0.717) is 18.9 Å². The van der Waals surface area contributed by atoms with Gasteiger partial charge in [0.05, 0.1) is 11.6 Å². The lowest BCUT2D eigenvalue weighted by Gasteiger charge is -2.39. The molecule has 1 fully saturated rings. The van der Waals surface area contributed by atoms with Gasteiger partial charge in [-0.05, 0) is 32.9 Å². The van der Waals surface area contributed by atoms with Gasteiger partial charge in [0.1, 0.15) is 28.5 Å². The number of likely N-dealkylation sites (tertiary alicyclic amines) is 1. The standard InChI is InChI=1S/C22H24N6O2/c1-22(2,3)30-21(29)27-11-14(12-27)20-26-17(18-19(23)24-8-9-28(18)20)16-10-13-6-4-5-7-15(13)25-16/h4-10,14,25H,11-12H2,1-3H3,(H2,23,24). The molecule has 1 aromatic carbocycles. The Labute approximate surface area is 173 Å². The first kappa shape index (κ1) is 18.5. The average molecular weight is 404 g/mol. The summed E-state index contributed by atoms with van der Waals surface area (Å²) in [4.78, 5) is 26.6. The molecule has 1 aliphatic heterocycles. The summed E-state index contributed by atoms with van der Waals surface area (Å²) in [7, 11) is 0. The van der Waals surface area contributed by atoms with Crippen molar-refractivity contribution in [2.75, 3.05) is 18.8 Å². The van der Waals surface area contributed by atoms with Crippen LogP contribution < -0.4 is 5.73 Å². The van der Waals surface area contributed by atoms with E-state index in [1.54, 1.807) is 11.1 Å². The van der Waals surface area contributed by atoms with E-state index in [-0.39, 0.29) is 12.0 Å². The predicted octanol–water partition coefficient (Wildman–Crippen LogP) is 3.79. The second-order valence-electron chi connectivity index (χ2n) is 8.70. The minimum absolute atomic E-state index is 0.102. The molecule has 0 spiro atoms. The topological polar surface area (TPSA) is 102 Å². The number of imidazole rings is 1. The normalized spacial score (nSPS) is 15.0. The summed E-state index contributed by atoms with van der Waals surface area (Å²) >= 11 is 0. The molecule has 30 heavy (non-hydrogen) atoms. The van der Waals surface area contributed by atoms with Crippen LogP contribution in [-0.4, -0.2) is 49.0 Å². The molecule has 3 N–H and O–H groups in total. The minimum Gasteiger partial charge on any atom is -0.444 e. The van der Waals surface area contributed by atoms with Crippen LogP contribution >= 0.6 is 0 Å². The third-order valence-corrected chi connectivity index (χ3v) is 5.29. The molecule has 1 amide bonds. The number of benzene rings is 1. The molecule has 0 unspecified atom stereocenters. The number of nitrogens with two attached hydrogens (primary N) is 1. The molecule has 0 saturated carbocycles. The van der Waals surface area contributed by atoms with Crippen LogP contribution in [0, 0.1) is 0 Å². The van der Waals surface area contributed by atoms with E-state index in [4.69, 9.17) is 15.5 Å². The number of carbonyl (C=O) groups excluding carboxylic acids is 1. The number of amides is 1. The number of rotatable bonds is 2. The Morgan fingerprint density at radius 2 is 2.03 bits per heavy atom. The molecule has 0 atom stereocenters. The van der Waals surface area contributed by atoms with Gasteiger partial charge in [-0.15, -0.1) is 0 Å². The summed E-state index contributed by atoms with van der Waals surface area (Å²) in [5, 5.41) is 1.11. The van der Waals surface area contributed by atoms with Crippen molar-refractivity contribution in [3.63, 3.8) is 0 Å². The summed E-state index contributed by atoms with van der Waals surface area (Å²) in [6, 6.07) is 10.2. The highest BCUT2D eigenvalue weighted by Gasteiger charge is 2.37. The molecule has 0 radical (unpaired) electrons. The number of nitrogens with zero attached hydrogens (tertiary/aromatic N) is 4. The van der Waals surface area contributed by atoms with Crippen molar-refractivity contribution >= 4 is 28.3 Å². The van der Waals surface area contributed by atoms with Gasteiger partial charge in [-0.3, -0.25) is 4.40 Å². The van der Waals surface area contributed by atoms with Crippen molar-refractivity contribution in [2.45, 2.75) is 32.3 Å². The van der Waals surface area contributed by atoms with E-state index >= 15 is 0 Å². The number of carbonyl (C=O) groups is 1. The first-order chi connectivity index (χ1) is 14.3. The molecular formula is C22H24N6O2. The monoisotopic (exact) mass is 404 g/mol. The van der Waals surface area contributed by atoms with Gasteiger partial charge in [0.25, 0.3) is 0 Å². The van der Waals surface area contributed by atoms with Crippen molar-refractivity contribution in [3.05, 3.63) is 48.5 Å². The van der Waals surface area contributed by atoms with Crippen LogP contribution in [0.5, 0.6) is 0 Å². The van der Waals surface area contributed by atoms with Gasteiger partial charge in [-0.1, -0.05) is 18.2 Å². The number of H-pyrrole nitrogens is 1. The molecule has 0 bridgehead atoms. The smallest absolute Gasteiger partial charge is 0.410 e. The minimum atomic E-state index is -0.509. The fraction of sp³-hybridized carbons (Fsp3) is 0.318. The van der Waals surface area contributed by atoms with Gasteiger partial charge in [-0.2, -0.15) is 0 Å². The molecule has 1 aliphatic rings. The zero-order valence-corrected chi connectivity index (χ0v) is 17.2. The molecule has 1 saturated heterocycles. The molecule has 4 aromatic rings. The van der Waals surface area contributed by atoms with Crippen molar-refractivity contribution in [3.8, 4) is 11.4 Å². The number of aromatic amines is 1. The maximum atomic E-state index is 12.3. The Bertz CT molecular complexity index is 1230. The van der Waals surface area contributed by atoms with E-state index < -0.39 is 5.60 Å². The SMILES string of the molecule is CC(C)(C)OC(=O)N1CC(c2nc(-c3cc4ccccc4[nH]3)c3c(N)nccn23)C1. The van der Waals surface area contributed by atoms with Gasteiger partial charge in [-0.25, -0.2) is 14.8 Å². The summed E-state index contributed by atoms with van der Waals surface area (Å²) in [5.74, 6) is 1.39. The van der Waals surface area contributed by atoms with Crippen molar-refractivity contribution in [1.29, 1.82) is 0 Å². The number of hydrogen-bond donors (Lipinski definition) is 2. The predicted molar refractivity (Wildman–Crippen MR) is 115 cm³/mol. The summed E-state index contributed by atoms with van der Waals surface area (Å²) < 4.78 is 7.45. The maximum Gasteiger partial charge on any atom is 0.410 e. The fourth-order valence-corrected chi connectivity index (χ4v) is 3.88. The lowest BCUT2D eigenvalue weighted by Crippen LogP contribution is -2.50. The lowest BCUT2D eigenvalue weighted by molar-refractivity contribution is 0.00748. The van der Waals surface area contributed by atoms with Crippen LogP contribution in [-0.2, 0) is 4.74 Å². The van der Waals surface area contributed by atoms with Crippen LogP contribution in [0.2, 0.25) is 0 Å². The Kier molecular flexibility index (Phi) is 3.99. The van der Waals surface area contributed by atoms with Crippen molar-refractivity contribution < 1.29 is 9.53 Å². The highest BCUT2D eigenvalue weighted by Crippen LogP contribution is 2.35. The van der Waals surface area contributed by atoms with E-state index in [2.05, 4.69) is 22.1 Å². The third-order valence-electron chi connectivity index (χ3n) is 5.29. The number of nitrogen functional groups attached to an aromatic ring is 1. The highest BCUT2D eigenvalue weighted by molar-refractivity contribution is 5.91. The summed E-state index contributed by atoms with van der Waals surface area (Å²) in [6.07, 6.45) is 3.25. The van der Waals surface area contributed by atoms with Crippen molar-refractivity contribution in [1.82, 2.24) is 24.3 Å². The Hall–Kier alpha value is -3.55. The third kappa shape index (κ3) is 3.04. The van der Waals surface area contributed by atoms with E-state index in [1.165, 1.54) is 0 Å². The molecule has 8 heteroatoms. The van der Waals surface area contributed by atoms with Crippen LogP contribution in [0.15, 0.2) is 42.7 Å². The second-order valence-corrected chi connectivity index (χ2v) is 8.70. The fourth-order valence-electron chi connectivity index (χ4n) is 3.88. The van der Waals surface area contributed by atoms with Gasteiger partial charge in [0, 0.05) is 36.4 Å². The van der Waals surface area contributed by atoms with Gasteiger partial charge in [0.15, 0.2) is 0 Å². The highest BCUT2D eigenvalue weighted by atomic mass is 16.6. The number of aromatic nitrogens is 4. The quantitative estimate of drug-likeness (QED) is 0.529. The first-order valence-corrected chi connectivity index (χ1v) is 9.98. The van der Waals surface area contributed by atoms with E-state index in [9.17, 15) is 4.79 Å². The van der Waals surface area contributed by atoms with Crippen molar-refractivity contribution in [2.24, 2.45) is 0 Å². The molecule has 8 nitrogen and oxygen atoms in total. The number of anilines is 1. The molecule has 3 aromatic heterocycles. The molecule has 154 valence electrons. The number of ether oxygens (including phenoxy) is 1.